The molecule has 2 aromatic carbocycles. The predicted molar refractivity (Wildman–Crippen MR) is 104 cm³/mol. The van der Waals surface area contributed by atoms with E-state index in [1.54, 1.807) is 31.5 Å². The van der Waals surface area contributed by atoms with Crippen molar-refractivity contribution in [3.05, 3.63) is 72.4 Å². The molecule has 0 bridgehead atoms. The molecule has 0 aliphatic heterocycles. The molecule has 0 aliphatic rings. The van der Waals surface area contributed by atoms with Gasteiger partial charge in [0.1, 0.15) is 18.3 Å². The standard InChI is InChI=1S/C20H18N4O2S/c1-14-7-9-15(10-8-14)19-22-16(11-26-19)12-27-20-23-21-13-24(20)17-5-3-4-6-18(17)25-2/h3-11,13H,12H2,1-2H3. The molecule has 0 spiro atoms. The Kier molecular flexibility index (Phi) is 4.93. The summed E-state index contributed by atoms with van der Waals surface area (Å²) in [4.78, 5) is 4.58. The first-order valence-electron chi connectivity index (χ1n) is 8.42. The van der Waals surface area contributed by atoms with Gasteiger partial charge in [-0.2, -0.15) is 0 Å². The Morgan fingerprint density at radius 1 is 1.11 bits per heavy atom. The Hall–Kier alpha value is -3.06. The summed E-state index contributed by atoms with van der Waals surface area (Å²) in [5, 5.41) is 9.02. The zero-order valence-electron chi connectivity index (χ0n) is 15.0. The molecule has 6 nitrogen and oxygen atoms in total. The number of aryl methyl sites for hydroxylation is 1. The first-order valence-corrected chi connectivity index (χ1v) is 9.41. The average Bonchev–Trinajstić information content (AvgIpc) is 3.36. The number of hydrogen-bond donors (Lipinski definition) is 0. The van der Waals surface area contributed by atoms with Gasteiger partial charge in [-0.3, -0.25) is 4.57 Å². The normalized spacial score (nSPS) is 10.9. The Balaban J connectivity index is 1.51. The maximum absolute atomic E-state index is 5.62. The lowest BCUT2D eigenvalue weighted by molar-refractivity contribution is 0.412. The number of para-hydroxylation sites is 2. The monoisotopic (exact) mass is 378 g/mol. The molecule has 2 heterocycles. The van der Waals surface area contributed by atoms with Crippen molar-refractivity contribution in [2.75, 3.05) is 7.11 Å². The van der Waals surface area contributed by atoms with Gasteiger partial charge in [0.25, 0.3) is 0 Å². The van der Waals surface area contributed by atoms with Gasteiger partial charge in [-0.15, -0.1) is 10.2 Å². The molecule has 2 aromatic heterocycles. The number of benzene rings is 2. The van der Waals surface area contributed by atoms with Gasteiger partial charge in [0.15, 0.2) is 5.16 Å². The van der Waals surface area contributed by atoms with Gasteiger partial charge < -0.3 is 9.15 Å². The molecule has 0 fully saturated rings. The summed E-state index contributed by atoms with van der Waals surface area (Å²) in [6.07, 6.45) is 3.37. The van der Waals surface area contributed by atoms with Crippen molar-refractivity contribution < 1.29 is 9.15 Å². The van der Waals surface area contributed by atoms with Gasteiger partial charge in [0.2, 0.25) is 5.89 Å². The van der Waals surface area contributed by atoms with Crippen LogP contribution in [-0.4, -0.2) is 26.9 Å². The quantitative estimate of drug-likeness (QED) is 0.459. The van der Waals surface area contributed by atoms with Crippen LogP contribution in [-0.2, 0) is 5.75 Å². The van der Waals surface area contributed by atoms with Crippen LogP contribution in [0.2, 0.25) is 0 Å². The Bertz CT molecular complexity index is 1040. The van der Waals surface area contributed by atoms with E-state index in [4.69, 9.17) is 9.15 Å². The molecule has 0 aliphatic carbocycles. The number of oxazole rings is 1. The molecular weight excluding hydrogens is 360 g/mol. The second kappa shape index (κ2) is 7.67. The second-order valence-corrected chi connectivity index (χ2v) is 6.90. The molecular formula is C20H18N4O2S. The molecule has 0 unspecified atom stereocenters. The lowest BCUT2D eigenvalue weighted by atomic mass is 10.1. The van der Waals surface area contributed by atoms with Crippen LogP contribution in [0.25, 0.3) is 17.1 Å². The van der Waals surface area contributed by atoms with E-state index in [2.05, 4.69) is 22.1 Å². The first-order chi connectivity index (χ1) is 13.2. The molecule has 4 rings (SSSR count). The fraction of sp³-hybridized carbons (Fsp3) is 0.150. The van der Waals surface area contributed by atoms with E-state index in [1.165, 1.54) is 5.56 Å². The fourth-order valence-corrected chi connectivity index (χ4v) is 3.46. The SMILES string of the molecule is COc1ccccc1-n1cnnc1SCc1coc(-c2ccc(C)cc2)n1. The molecule has 0 amide bonds. The maximum Gasteiger partial charge on any atom is 0.226 e. The number of aromatic nitrogens is 4. The molecule has 0 saturated heterocycles. The smallest absolute Gasteiger partial charge is 0.226 e. The van der Waals surface area contributed by atoms with Crippen LogP contribution < -0.4 is 4.74 Å². The van der Waals surface area contributed by atoms with Crippen molar-refractivity contribution in [2.24, 2.45) is 0 Å². The van der Waals surface area contributed by atoms with Crippen molar-refractivity contribution in [3.8, 4) is 22.9 Å². The van der Waals surface area contributed by atoms with Crippen LogP contribution in [0.4, 0.5) is 0 Å². The minimum Gasteiger partial charge on any atom is -0.495 e. The molecule has 0 N–H and O–H groups in total. The lowest BCUT2D eigenvalue weighted by Gasteiger charge is -2.10. The van der Waals surface area contributed by atoms with E-state index in [0.29, 0.717) is 11.6 Å². The van der Waals surface area contributed by atoms with Gasteiger partial charge in [-0.25, -0.2) is 4.98 Å². The van der Waals surface area contributed by atoms with E-state index in [-0.39, 0.29) is 0 Å². The summed E-state index contributed by atoms with van der Waals surface area (Å²) >= 11 is 1.54. The Morgan fingerprint density at radius 2 is 1.93 bits per heavy atom. The lowest BCUT2D eigenvalue weighted by Crippen LogP contribution is -1.98. The molecule has 136 valence electrons. The Labute approximate surface area is 161 Å². The highest BCUT2D eigenvalue weighted by molar-refractivity contribution is 7.98. The van der Waals surface area contributed by atoms with Gasteiger partial charge in [0.05, 0.1) is 18.5 Å². The predicted octanol–water partition coefficient (Wildman–Crippen LogP) is 4.53. The minimum absolute atomic E-state index is 0.622. The molecule has 27 heavy (non-hydrogen) atoms. The number of hydrogen-bond acceptors (Lipinski definition) is 6. The highest BCUT2D eigenvalue weighted by atomic mass is 32.2. The number of ether oxygens (including phenoxy) is 1. The van der Waals surface area contributed by atoms with Crippen molar-refractivity contribution in [3.63, 3.8) is 0 Å². The third-order valence-corrected chi connectivity index (χ3v) is 5.04. The number of thioether (sulfide) groups is 1. The largest absolute Gasteiger partial charge is 0.495 e. The summed E-state index contributed by atoms with van der Waals surface area (Å²) < 4.78 is 13.0. The number of methoxy groups -OCH3 is 1. The fourth-order valence-electron chi connectivity index (χ4n) is 2.66. The van der Waals surface area contributed by atoms with Crippen molar-refractivity contribution in [1.29, 1.82) is 0 Å². The van der Waals surface area contributed by atoms with Crippen molar-refractivity contribution in [1.82, 2.24) is 19.7 Å². The zero-order chi connectivity index (χ0) is 18.6. The highest BCUT2D eigenvalue weighted by Crippen LogP contribution is 2.29. The number of rotatable bonds is 6. The van der Waals surface area contributed by atoms with E-state index in [0.717, 1.165) is 27.9 Å². The van der Waals surface area contributed by atoms with Gasteiger partial charge in [0, 0.05) is 11.3 Å². The van der Waals surface area contributed by atoms with E-state index < -0.39 is 0 Å². The summed E-state index contributed by atoms with van der Waals surface area (Å²) in [5.74, 6) is 2.02. The molecule has 7 heteroatoms. The number of nitrogens with zero attached hydrogens (tertiary/aromatic N) is 4. The summed E-state index contributed by atoms with van der Waals surface area (Å²) in [6.45, 7) is 2.05. The third kappa shape index (κ3) is 3.73. The van der Waals surface area contributed by atoms with Crippen molar-refractivity contribution >= 4 is 11.8 Å². The zero-order valence-corrected chi connectivity index (χ0v) is 15.8. The summed E-state index contributed by atoms with van der Waals surface area (Å²) in [7, 11) is 1.65. The van der Waals surface area contributed by atoms with E-state index >= 15 is 0 Å². The topological polar surface area (TPSA) is 66.0 Å². The van der Waals surface area contributed by atoms with Gasteiger partial charge in [-0.05, 0) is 31.2 Å². The maximum atomic E-state index is 5.62. The molecule has 0 saturated carbocycles. The van der Waals surface area contributed by atoms with Gasteiger partial charge >= 0.3 is 0 Å². The summed E-state index contributed by atoms with van der Waals surface area (Å²) in [5.41, 5.74) is 3.92. The third-order valence-electron chi connectivity index (χ3n) is 4.06. The van der Waals surface area contributed by atoms with Crippen LogP contribution >= 0.6 is 11.8 Å². The molecule has 4 aromatic rings. The average molecular weight is 378 g/mol. The first kappa shape index (κ1) is 17.4. The molecule has 0 atom stereocenters. The van der Waals surface area contributed by atoms with Crippen LogP contribution in [0.5, 0.6) is 5.75 Å². The van der Waals surface area contributed by atoms with Crippen molar-refractivity contribution in [2.45, 2.75) is 17.8 Å². The highest BCUT2D eigenvalue weighted by Gasteiger charge is 2.13. The summed E-state index contributed by atoms with van der Waals surface area (Å²) in [6, 6.07) is 15.9. The van der Waals surface area contributed by atoms with Crippen LogP contribution in [0.3, 0.4) is 0 Å². The second-order valence-electron chi connectivity index (χ2n) is 5.95. The van der Waals surface area contributed by atoms with E-state index in [9.17, 15) is 0 Å². The van der Waals surface area contributed by atoms with E-state index in [1.807, 2.05) is 53.1 Å². The Morgan fingerprint density at radius 3 is 2.74 bits per heavy atom. The van der Waals surface area contributed by atoms with Crippen LogP contribution in [0.1, 0.15) is 11.3 Å². The van der Waals surface area contributed by atoms with Gasteiger partial charge in [-0.1, -0.05) is 41.6 Å². The van der Waals surface area contributed by atoms with Crippen LogP contribution in [0, 0.1) is 6.92 Å². The minimum atomic E-state index is 0.622. The van der Waals surface area contributed by atoms with Crippen LogP contribution in [0.15, 0.2) is 70.7 Å². The molecule has 0 radical (unpaired) electrons.